The van der Waals surface area contributed by atoms with E-state index in [0.717, 1.165) is 22.0 Å². The molecule has 0 fully saturated rings. The van der Waals surface area contributed by atoms with Crippen LogP contribution in [0.15, 0.2) is 48.5 Å². The Morgan fingerprint density at radius 3 is 2.58 bits per heavy atom. The number of amides is 1. The number of nitrogens with one attached hydrogen (secondary N) is 1. The lowest BCUT2D eigenvalue weighted by atomic mass is 10.1. The van der Waals surface area contributed by atoms with Crippen molar-refractivity contribution in [1.82, 2.24) is 10.3 Å². The first-order valence-electron chi connectivity index (χ1n) is 7.72. The van der Waals surface area contributed by atoms with Crippen molar-refractivity contribution in [2.24, 2.45) is 0 Å². The van der Waals surface area contributed by atoms with E-state index in [2.05, 4.69) is 16.4 Å². The number of nitriles is 1. The predicted octanol–water partition coefficient (Wildman–Crippen LogP) is 3.65. The van der Waals surface area contributed by atoms with Gasteiger partial charge in [0.2, 0.25) is 0 Å². The largest absolute Gasteiger partial charge is 0.348 e. The number of nitrogens with zero attached hydrogens (tertiary/aromatic N) is 2. The molecule has 0 aliphatic carbocycles. The van der Waals surface area contributed by atoms with Crippen molar-refractivity contribution in [2.75, 3.05) is 0 Å². The number of fused-ring (bicyclic) bond motifs is 1. The van der Waals surface area contributed by atoms with Crippen molar-refractivity contribution < 1.29 is 4.79 Å². The molecule has 0 atom stereocenters. The molecule has 1 heterocycles. The van der Waals surface area contributed by atoms with Crippen LogP contribution < -0.4 is 5.32 Å². The van der Waals surface area contributed by atoms with Crippen LogP contribution in [0.4, 0.5) is 0 Å². The Labute approximate surface area is 140 Å². The number of aromatic nitrogens is 1. The third-order valence-electron chi connectivity index (χ3n) is 3.94. The van der Waals surface area contributed by atoms with Crippen molar-refractivity contribution in [3.05, 3.63) is 76.5 Å². The van der Waals surface area contributed by atoms with E-state index in [1.807, 2.05) is 50.2 Å². The highest BCUT2D eigenvalue weighted by atomic mass is 16.1. The van der Waals surface area contributed by atoms with E-state index in [1.54, 1.807) is 12.1 Å². The van der Waals surface area contributed by atoms with Crippen LogP contribution in [0, 0.1) is 25.2 Å². The summed E-state index contributed by atoms with van der Waals surface area (Å²) in [7, 11) is 0. The maximum absolute atomic E-state index is 12.5. The van der Waals surface area contributed by atoms with Gasteiger partial charge in [-0.25, -0.2) is 0 Å². The summed E-state index contributed by atoms with van der Waals surface area (Å²) in [5.41, 5.74) is 4.88. The van der Waals surface area contributed by atoms with Crippen molar-refractivity contribution >= 4 is 16.8 Å². The fourth-order valence-electron chi connectivity index (χ4n) is 2.60. The Kier molecular flexibility index (Phi) is 4.26. The van der Waals surface area contributed by atoms with E-state index < -0.39 is 0 Å². The second kappa shape index (κ2) is 6.51. The second-order valence-electron chi connectivity index (χ2n) is 5.81. The average molecular weight is 315 g/mol. The van der Waals surface area contributed by atoms with Crippen LogP contribution in [0.3, 0.4) is 0 Å². The van der Waals surface area contributed by atoms with Gasteiger partial charge in [0.15, 0.2) is 0 Å². The number of rotatable bonds is 3. The van der Waals surface area contributed by atoms with Gasteiger partial charge in [0.05, 0.1) is 28.4 Å². The molecule has 3 aromatic rings. The maximum atomic E-state index is 12.5. The van der Waals surface area contributed by atoms with E-state index in [0.29, 0.717) is 23.4 Å². The standard InChI is InChI=1S/C20H17N3O/c1-13-3-8-19-17(9-13)10-18(14(2)23-19)20(24)22-12-16-6-4-15(11-21)5-7-16/h3-10H,12H2,1-2H3,(H,22,24). The number of hydrogen-bond donors (Lipinski definition) is 1. The summed E-state index contributed by atoms with van der Waals surface area (Å²) in [4.78, 5) is 17.0. The van der Waals surface area contributed by atoms with Gasteiger partial charge >= 0.3 is 0 Å². The molecule has 0 aliphatic rings. The summed E-state index contributed by atoms with van der Waals surface area (Å²) in [5.74, 6) is -0.146. The summed E-state index contributed by atoms with van der Waals surface area (Å²) in [6.07, 6.45) is 0. The van der Waals surface area contributed by atoms with Gasteiger partial charge in [-0.2, -0.15) is 5.26 Å². The minimum atomic E-state index is -0.146. The predicted molar refractivity (Wildman–Crippen MR) is 93.5 cm³/mol. The lowest BCUT2D eigenvalue weighted by molar-refractivity contribution is 0.0950. The number of carbonyl (C=O) groups excluding carboxylic acids is 1. The van der Waals surface area contributed by atoms with Crippen LogP contribution in [0.25, 0.3) is 10.9 Å². The molecular weight excluding hydrogens is 298 g/mol. The molecule has 0 saturated heterocycles. The van der Waals surface area contributed by atoms with Gasteiger partial charge in [-0.15, -0.1) is 0 Å². The SMILES string of the molecule is Cc1ccc2nc(C)c(C(=O)NCc3ccc(C#N)cc3)cc2c1. The van der Waals surface area contributed by atoms with Gasteiger partial charge in [0, 0.05) is 11.9 Å². The smallest absolute Gasteiger partial charge is 0.253 e. The molecule has 2 aromatic carbocycles. The number of carbonyl (C=O) groups is 1. The van der Waals surface area contributed by atoms with Crippen LogP contribution >= 0.6 is 0 Å². The second-order valence-corrected chi connectivity index (χ2v) is 5.81. The van der Waals surface area contributed by atoms with Crippen LogP contribution in [-0.4, -0.2) is 10.9 Å². The molecule has 1 amide bonds. The number of hydrogen-bond acceptors (Lipinski definition) is 3. The molecule has 0 saturated carbocycles. The maximum Gasteiger partial charge on any atom is 0.253 e. The molecule has 0 spiro atoms. The fourth-order valence-corrected chi connectivity index (χ4v) is 2.60. The summed E-state index contributed by atoms with van der Waals surface area (Å²) in [6, 6.07) is 17.1. The van der Waals surface area contributed by atoms with Crippen LogP contribution in [0.1, 0.15) is 32.7 Å². The molecule has 4 heteroatoms. The molecule has 0 bridgehead atoms. The van der Waals surface area contributed by atoms with Crippen molar-refractivity contribution in [2.45, 2.75) is 20.4 Å². The van der Waals surface area contributed by atoms with Gasteiger partial charge < -0.3 is 5.32 Å². The fraction of sp³-hybridized carbons (Fsp3) is 0.150. The summed E-state index contributed by atoms with van der Waals surface area (Å²) >= 11 is 0. The summed E-state index contributed by atoms with van der Waals surface area (Å²) in [5, 5.41) is 12.7. The quantitative estimate of drug-likeness (QED) is 0.802. The van der Waals surface area contributed by atoms with E-state index in [9.17, 15) is 4.79 Å². The minimum Gasteiger partial charge on any atom is -0.348 e. The third kappa shape index (κ3) is 3.26. The normalized spacial score (nSPS) is 10.4. The third-order valence-corrected chi connectivity index (χ3v) is 3.94. The lowest BCUT2D eigenvalue weighted by Gasteiger charge is -2.09. The van der Waals surface area contributed by atoms with Crippen molar-refractivity contribution in [3.8, 4) is 6.07 Å². The topological polar surface area (TPSA) is 65.8 Å². The molecule has 3 rings (SSSR count). The molecule has 0 radical (unpaired) electrons. The Morgan fingerprint density at radius 2 is 1.88 bits per heavy atom. The molecule has 24 heavy (non-hydrogen) atoms. The van der Waals surface area contributed by atoms with Crippen LogP contribution in [-0.2, 0) is 6.54 Å². The molecule has 0 aliphatic heterocycles. The highest BCUT2D eigenvalue weighted by molar-refractivity contribution is 5.98. The molecule has 118 valence electrons. The van der Waals surface area contributed by atoms with Crippen molar-refractivity contribution in [3.63, 3.8) is 0 Å². The Morgan fingerprint density at radius 1 is 1.12 bits per heavy atom. The summed E-state index contributed by atoms with van der Waals surface area (Å²) < 4.78 is 0. The lowest BCUT2D eigenvalue weighted by Crippen LogP contribution is -2.24. The average Bonchev–Trinajstić information content (AvgIpc) is 2.60. The van der Waals surface area contributed by atoms with Crippen molar-refractivity contribution in [1.29, 1.82) is 5.26 Å². The minimum absolute atomic E-state index is 0.146. The number of benzene rings is 2. The zero-order valence-electron chi connectivity index (χ0n) is 13.6. The van der Waals surface area contributed by atoms with Crippen LogP contribution in [0.2, 0.25) is 0 Å². The summed E-state index contributed by atoms with van der Waals surface area (Å²) in [6.45, 7) is 4.27. The van der Waals surface area contributed by atoms with Crippen LogP contribution in [0.5, 0.6) is 0 Å². The molecule has 0 unspecified atom stereocenters. The van der Waals surface area contributed by atoms with Gasteiger partial charge in [-0.3, -0.25) is 9.78 Å². The first-order chi connectivity index (χ1) is 11.6. The first kappa shape index (κ1) is 15.7. The highest BCUT2D eigenvalue weighted by Gasteiger charge is 2.11. The van der Waals surface area contributed by atoms with E-state index >= 15 is 0 Å². The first-order valence-corrected chi connectivity index (χ1v) is 7.72. The zero-order valence-corrected chi connectivity index (χ0v) is 13.6. The van der Waals surface area contributed by atoms with Gasteiger partial charge in [0.1, 0.15) is 0 Å². The molecular formula is C20H17N3O. The highest BCUT2D eigenvalue weighted by Crippen LogP contribution is 2.18. The van der Waals surface area contributed by atoms with Gasteiger partial charge in [-0.1, -0.05) is 23.8 Å². The number of pyridine rings is 1. The Hall–Kier alpha value is -3.19. The molecule has 1 N–H and O–H groups in total. The zero-order chi connectivity index (χ0) is 17.1. The Balaban J connectivity index is 1.80. The Bertz CT molecular complexity index is 953. The molecule has 4 nitrogen and oxygen atoms in total. The van der Waals surface area contributed by atoms with E-state index in [4.69, 9.17) is 5.26 Å². The number of aryl methyl sites for hydroxylation is 2. The molecule has 1 aromatic heterocycles. The van der Waals surface area contributed by atoms with E-state index in [1.165, 1.54) is 0 Å². The monoisotopic (exact) mass is 315 g/mol. The van der Waals surface area contributed by atoms with Gasteiger partial charge in [-0.05, 0) is 49.7 Å². The van der Waals surface area contributed by atoms with Gasteiger partial charge in [0.25, 0.3) is 5.91 Å². The van der Waals surface area contributed by atoms with E-state index in [-0.39, 0.29) is 5.91 Å².